The molecule has 86 valence electrons. The van der Waals surface area contributed by atoms with Crippen LogP contribution in [-0.2, 0) is 0 Å². The minimum Gasteiger partial charge on any atom is -0.392 e. The summed E-state index contributed by atoms with van der Waals surface area (Å²) in [6.45, 7) is 6.05. The summed E-state index contributed by atoms with van der Waals surface area (Å²) < 4.78 is 0. The number of aliphatic hydroxyl groups is 1. The third-order valence-electron chi connectivity index (χ3n) is 2.65. The fraction of sp³-hybridized carbons (Fsp3) is 0.667. The van der Waals surface area contributed by atoms with Crippen molar-refractivity contribution in [1.82, 2.24) is 5.32 Å². The molecular formula is C12H21NOS. The van der Waals surface area contributed by atoms with Crippen LogP contribution in [-0.4, -0.2) is 17.3 Å². The molecule has 0 bridgehead atoms. The molecule has 0 fully saturated rings. The van der Waals surface area contributed by atoms with E-state index < -0.39 is 0 Å². The molecule has 15 heavy (non-hydrogen) atoms. The normalized spacial score (nSPS) is 17.3. The van der Waals surface area contributed by atoms with Crippen molar-refractivity contribution in [2.45, 2.75) is 51.8 Å². The molecule has 0 spiro atoms. The topological polar surface area (TPSA) is 32.3 Å². The highest BCUT2D eigenvalue weighted by Gasteiger charge is 2.16. The van der Waals surface area contributed by atoms with E-state index in [4.69, 9.17) is 0 Å². The van der Waals surface area contributed by atoms with Crippen LogP contribution in [0, 0.1) is 0 Å². The Balaban J connectivity index is 2.59. The number of hydrogen-bond acceptors (Lipinski definition) is 3. The van der Waals surface area contributed by atoms with Gasteiger partial charge in [0.25, 0.3) is 0 Å². The molecule has 3 heteroatoms. The molecule has 0 aliphatic heterocycles. The van der Waals surface area contributed by atoms with E-state index in [1.54, 1.807) is 11.3 Å². The Morgan fingerprint density at radius 1 is 1.47 bits per heavy atom. The van der Waals surface area contributed by atoms with Crippen molar-refractivity contribution < 1.29 is 5.11 Å². The minimum absolute atomic E-state index is 0.142. The lowest BCUT2D eigenvalue weighted by atomic mass is 10.1. The summed E-state index contributed by atoms with van der Waals surface area (Å²) in [5.41, 5.74) is 0. The number of nitrogens with one attached hydrogen (secondary N) is 1. The SMILES string of the molecule is CCCC(NC(C)C(C)O)c1cccs1. The van der Waals surface area contributed by atoms with Crippen LogP contribution in [0.3, 0.4) is 0 Å². The summed E-state index contributed by atoms with van der Waals surface area (Å²) in [4.78, 5) is 1.37. The summed E-state index contributed by atoms with van der Waals surface area (Å²) in [7, 11) is 0. The zero-order valence-electron chi connectivity index (χ0n) is 9.73. The zero-order valence-corrected chi connectivity index (χ0v) is 10.6. The molecule has 2 nitrogen and oxygen atoms in total. The highest BCUT2D eigenvalue weighted by Crippen LogP contribution is 2.23. The van der Waals surface area contributed by atoms with E-state index in [2.05, 4.69) is 29.8 Å². The second-order valence-corrected chi connectivity index (χ2v) is 5.03. The quantitative estimate of drug-likeness (QED) is 0.783. The average molecular weight is 227 g/mol. The number of hydrogen-bond donors (Lipinski definition) is 2. The van der Waals surface area contributed by atoms with Crippen LogP contribution in [0.1, 0.15) is 44.5 Å². The Bertz CT molecular complexity index is 259. The van der Waals surface area contributed by atoms with Gasteiger partial charge in [-0.25, -0.2) is 0 Å². The fourth-order valence-corrected chi connectivity index (χ4v) is 2.36. The van der Waals surface area contributed by atoms with Crippen LogP contribution in [0.15, 0.2) is 17.5 Å². The van der Waals surface area contributed by atoms with Gasteiger partial charge in [-0.3, -0.25) is 0 Å². The van der Waals surface area contributed by atoms with Crippen LogP contribution in [0.2, 0.25) is 0 Å². The Kier molecular flexibility index (Phi) is 5.29. The molecule has 0 aliphatic carbocycles. The molecule has 1 aromatic rings. The van der Waals surface area contributed by atoms with Crippen LogP contribution in [0.5, 0.6) is 0 Å². The lowest BCUT2D eigenvalue weighted by molar-refractivity contribution is 0.145. The fourth-order valence-electron chi connectivity index (χ4n) is 1.54. The molecule has 1 heterocycles. The van der Waals surface area contributed by atoms with Gasteiger partial charge < -0.3 is 10.4 Å². The minimum atomic E-state index is -0.302. The van der Waals surface area contributed by atoms with Gasteiger partial charge in [-0.05, 0) is 31.7 Å². The number of thiophene rings is 1. The highest BCUT2D eigenvalue weighted by atomic mass is 32.1. The van der Waals surface area contributed by atoms with E-state index in [9.17, 15) is 5.11 Å². The molecule has 0 radical (unpaired) electrons. The van der Waals surface area contributed by atoms with Crippen molar-refractivity contribution >= 4 is 11.3 Å². The Morgan fingerprint density at radius 3 is 2.67 bits per heavy atom. The monoisotopic (exact) mass is 227 g/mol. The summed E-state index contributed by atoms with van der Waals surface area (Å²) in [5, 5.41) is 15.1. The molecule has 0 aliphatic rings. The Hall–Kier alpha value is -0.380. The number of rotatable bonds is 6. The molecule has 0 aromatic carbocycles. The molecule has 1 aromatic heterocycles. The Labute approximate surface area is 96.3 Å². The van der Waals surface area contributed by atoms with E-state index >= 15 is 0 Å². The van der Waals surface area contributed by atoms with Gasteiger partial charge in [0.05, 0.1) is 6.10 Å². The first kappa shape index (κ1) is 12.7. The third kappa shape index (κ3) is 3.93. The second-order valence-electron chi connectivity index (χ2n) is 4.05. The van der Waals surface area contributed by atoms with Gasteiger partial charge in [-0.15, -0.1) is 11.3 Å². The largest absolute Gasteiger partial charge is 0.392 e. The van der Waals surface area contributed by atoms with Crippen LogP contribution in [0.4, 0.5) is 0 Å². The van der Waals surface area contributed by atoms with Crippen LogP contribution < -0.4 is 5.32 Å². The van der Waals surface area contributed by atoms with Crippen molar-refractivity contribution in [1.29, 1.82) is 0 Å². The summed E-state index contributed by atoms with van der Waals surface area (Å²) in [6, 6.07) is 4.77. The maximum Gasteiger partial charge on any atom is 0.0662 e. The lowest BCUT2D eigenvalue weighted by Gasteiger charge is -2.24. The van der Waals surface area contributed by atoms with E-state index in [0.29, 0.717) is 6.04 Å². The van der Waals surface area contributed by atoms with Crippen molar-refractivity contribution in [3.8, 4) is 0 Å². The number of aliphatic hydroxyl groups excluding tert-OH is 1. The summed E-state index contributed by atoms with van der Waals surface area (Å²) in [6.07, 6.45) is 1.98. The lowest BCUT2D eigenvalue weighted by Crippen LogP contribution is -2.37. The van der Waals surface area contributed by atoms with Crippen molar-refractivity contribution in [2.24, 2.45) is 0 Å². The molecule has 0 saturated carbocycles. The molecular weight excluding hydrogens is 206 g/mol. The van der Waals surface area contributed by atoms with Gasteiger partial charge in [-0.1, -0.05) is 19.4 Å². The highest BCUT2D eigenvalue weighted by molar-refractivity contribution is 7.10. The van der Waals surface area contributed by atoms with Gasteiger partial charge in [0, 0.05) is 17.0 Å². The average Bonchev–Trinajstić information content (AvgIpc) is 2.69. The van der Waals surface area contributed by atoms with Crippen molar-refractivity contribution in [2.75, 3.05) is 0 Å². The van der Waals surface area contributed by atoms with Gasteiger partial charge in [-0.2, -0.15) is 0 Å². The molecule has 3 unspecified atom stereocenters. The second kappa shape index (κ2) is 6.26. The molecule has 3 atom stereocenters. The predicted octanol–water partition coefficient (Wildman–Crippen LogP) is 2.95. The van der Waals surface area contributed by atoms with E-state index in [-0.39, 0.29) is 12.1 Å². The van der Waals surface area contributed by atoms with E-state index in [0.717, 1.165) is 12.8 Å². The van der Waals surface area contributed by atoms with Crippen molar-refractivity contribution in [3.63, 3.8) is 0 Å². The summed E-state index contributed by atoms with van der Waals surface area (Å²) in [5.74, 6) is 0. The van der Waals surface area contributed by atoms with Gasteiger partial charge in [0.1, 0.15) is 0 Å². The first-order valence-electron chi connectivity index (χ1n) is 5.62. The smallest absolute Gasteiger partial charge is 0.0662 e. The van der Waals surface area contributed by atoms with Crippen LogP contribution >= 0.6 is 11.3 Å². The van der Waals surface area contributed by atoms with Crippen LogP contribution in [0.25, 0.3) is 0 Å². The van der Waals surface area contributed by atoms with Gasteiger partial charge >= 0.3 is 0 Å². The van der Waals surface area contributed by atoms with E-state index in [1.165, 1.54) is 4.88 Å². The standard InChI is InChI=1S/C12H21NOS/c1-4-6-11(12-7-5-8-15-12)13-9(2)10(3)14/h5,7-11,13-14H,4,6H2,1-3H3. The third-order valence-corrected chi connectivity index (χ3v) is 3.64. The van der Waals surface area contributed by atoms with E-state index in [1.807, 2.05) is 13.8 Å². The first-order chi connectivity index (χ1) is 7.15. The first-order valence-corrected chi connectivity index (χ1v) is 6.50. The summed E-state index contributed by atoms with van der Waals surface area (Å²) >= 11 is 1.78. The Morgan fingerprint density at radius 2 is 2.20 bits per heavy atom. The van der Waals surface area contributed by atoms with Gasteiger partial charge in [0.2, 0.25) is 0 Å². The maximum absolute atomic E-state index is 9.48. The molecule has 0 saturated heterocycles. The predicted molar refractivity (Wildman–Crippen MR) is 66.2 cm³/mol. The molecule has 1 rings (SSSR count). The van der Waals surface area contributed by atoms with Gasteiger partial charge in [0.15, 0.2) is 0 Å². The molecule has 2 N–H and O–H groups in total. The van der Waals surface area contributed by atoms with Crippen molar-refractivity contribution in [3.05, 3.63) is 22.4 Å². The maximum atomic E-state index is 9.48. The zero-order chi connectivity index (χ0) is 11.3. The molecule has 0 amide bonds.